The average Bonchev–Trinajstić information content (AvgIpc) is 2.79. The van der Waals surface area contributed by atoms with E-state index in [-0.39, 0.29) is 6.04 Å². The van der Waals surface area contributed by atoms with Crippen molar-refractivity contribution in [3.05, 3.63) is 16.9 Å². The minimum Gasteiger partial charge on any atom is -0.314 e. The van der Waals surface area contributed by atoms with Gasteiger partial charge in [0.15, 0.2) is 5.67 Å². The Morgan fingerprint density at radius 2 is 2.29 bits per heavy atom. The fourth-order valence-electron chi connectivity index (χ4n) is 3.00. The van der Waals surface area contributed by atoms with Gasteiger partial charge in [0.1, 0.15) is 0 Å². The number of hydrogen-bond donors (Lipinski definition) is 1. The first-order valence-corrected chi connectivity index (χ1v) is 8.07. The molecule has 1 N–H and O–H groups in total. The average molecular weight is 317 g/mol. The van der Waals surface area contributed by atoms with Gasteiger partial charge in [0.05, 0.1) is 23.5 Å². The van der Waals surface area contributed by atoms with E-state index in [1.165, 1.54) is 12.8 Å². The highest BCUT2D eigenvalue weighted by molar-refractivity contribution is 6.31. The Kier molecular flexibility index (Phi) is 5.63. The SMILES string of the molecule is CN(C)CCn1ncc(Cl)c1C(C)(F)CC1CCCCN1. The summed E-state index contributed by atoms with van der Waals surface area (Å²) in [5.41, 5.74) is -0.951. The summed E-state index contributed by atoms with van der Waals surface area (Å²) in [5.74, 6) is 0. The minimum atomic E-state index is -1.46. The van der Waals surface area contributed by atoms with Crippen LogP contribution in [0.1, 0.15) is 38.3 Å². The van der Waals surface area contributed by atoms with Crippen LogP contribution in [0.2, 0.25) is 5.02 Å². The molecule has 1 aliphatic heterocycles. The predicted octanol–water partition coefficient (Wildman–Crippen LogP) is 2.82. The summed E-state index contributed by atoms with van der Waals surface area (Å²) in [7, 11) is 3.98. The minimum absolute atomic E-state index is 0.224. The first-order chi connectivity index (χ1) is 9.90. The number of nitrogens with one attached hydrogen (secondary N) is 1. The molecule has 1 saturated heterocycles. The lowest BCUT2D eigenvalue weighted by atomic mass is 9.90. The third kappa shape index (κ3) is 4.41. The van der Waals surface area contributed by atoms with Gasteiger partial charge in [0.2, 0.25) is 0 Å². The molecule has 4 nitrogen and oxygen atoms in total. The number of aromatic nitrogens is 2. The Bertz CT molecular complexity index is 453. The molecule has 0 amide bonds. The molecule has 0 bridgehead atoms. The Hall–Kier alpha value is -0.650. The lowest BCUT2D eigenvalue weighted by Gasteiger charge is -2.30. The van der Waals surface area contributed by atoms with Crippen LogP contribution in [0.4, 0.5) is 4.39 Å². The topological polar surface area (TPSA) is 33.1 Å². The molecule has 1 aromatic heterocycles. The third-order valence-electron chi connectivity index (χ3n) is 4.09. The summed E-state index contributed by atoms with van der Waals surface area (Å²) >= 11 is 6.21. The van der Waals surface area contributed by atoms with Crippen LogP contribution < -0.4 is 5.32 Å². The van der Waals surface area contributed by atoms with Crippen molar-refractivity contribution in [2.45, 2.75) is 50.9 Å². The van der Waals surface area contributed by atoms with Crippen LogP contribution in [0, 0.1) is 0 Å². The Morgan fingerprint density at radius 3 is 2.90 bits per heavy atom. The number of likely N-dealkylation sites (N-methyl/N-ethyl adjacent to an activating group) is 1. The lowest BCUT2D eigenvalue weighted by Crippen LogP contribution is -2.39. The van der Waals surface area contributed by atoms with Gasteiger partial charge in [-0.2, -0.15) is 5.10 Å². The van der Waals surface area contributed by atoms with Crippen molar-refractivity contribution in [2.24, 2.45) is 0 Å². The van der Waals surface area contributed by atoms with Crippen LogP contribution in [-0.2, 0) is 12.2 Å². The van der Waals surface area contributed by atoms with Crippen LogP contribution in [0.25, 0.3) is 0 Å². The van der Waals surface area contributed by atoms with Crippen molar-refractivity contribution in [3.8, 4) is 0 Å². The predicted molar refractivity (Wildman–Crippen MR) is 84.5 cm³/mol. The number of nitrogens with zero attached hydrogens (tertiary/aromatic N) is 3. The highest BCUT2D eigenvalue weighted by atomic mass is 35.5. The number of rotatable bonds is 6. The van der Waals surface area contributed by atoms with Crippen LogP contribution in [0.15, 0.2) is 6.20 Å². The highest BCUT2D eigenvalue weighted by Gasteiger charge is 2.35. The van der Waals surface area contributed by atoms with Gasteiger partial charge in [-0.05, 0) is 40.4 Å². The Morgan fingerprint density at radius 1 is 1.52 bits per heavy atom. The first-order valence-electron chi connectivity index (χ1n) is 7.69. The fraction of sp³-hybridized carbons (Fsp3) is 0.800. The number of hydrogen-bond acceptors (Lipinski definition) is 3. The second-order valence-electron chi connectivity index (χ2n) is 6.42. The van der Waals surface area contributed by atoms with Gasteiger partial charge in [-0.3, -0.25) is 4.68 Å². The van der Waals surface area contributed by atoms with E-state index in [2.05, 4.69) is 15.3 Å². The summed E-state index contributed by atoms with van der Waals surface area (Å²) in [5, 5.41) is 8.08. The maximum absolute atomic E-state index is 15.3. The van der Waals surface area contributed by atoms with Crippen LogP contribution >= 0.6 is 11.6 Å². The number of alkyl halides is 1. The molecule has 0 spiro atoms. The van der Waals surface area contributed by atoms with Gasteiger partial charge in [0.25, 0.3) is 0 Å². The van der Waals surface area contributed by atoms with Crippen molar-refractivity contribution in [1.29, 1.82) is 0 Å². The molecule has 0 saturated carbocycles. The van der Waals surface area contributed by atoms with Crippen LogP contribution in [-0.4, -0.2) is 47.9 Å². The zero-order valence-corrected chi connectivity index (χ0v) is 14.0. The summed E-state index contributed by atoms with van der Waals surface area (Å²) in [6, 6.07) is 0.224. The van der Waals surface area contributed by atoms with E-state index >= 15 is 4.39 Å². The third-order valence-corrected chi connectivity index (χ3v) is 4.37. The van der Waals surface area contributed by atoms with Crippen molar-refractivity contribution in [2.75, 3.05) is 27.2 Å². The summed E-state index contributed by atoms with van der Waals surface area (Å²) in [4.78, 5) is 2.05. The molecular formula is C15H26ClFN4. The largest absolute Gasteiger partial charge is 0.314 e. The van der Waals surface area contributed by atoms with Crippen LogP contribution in [0.3, 0.4) is 0 Å². The van der Waals surface area contributed by atoms with Gasteiger partial charge < -0.3 is 10.2 Å². The molecule has 1 fully saturated rings. The molecule has 2 atom stereocenters. The standard InChI is InChI=1S/C15H26ClFN4/c1-15(17,10-12-6-4-5-7-18-12)14-13(16)11-19-21(14)9-8-20(2)3/h11-12,18H,4-10H2,1-3H3. The van der Waals surface area contributed by atoms with Crippen molar-refractivity contribution < 1.29 is 4.39 Å². The molecule has 120 valence electrons. The van der Waals surface area contributed by atoms with Gasteiger partial charge in [-0.1, -0.05) is 18.0 Å². The molecule has 1 aromatic rings. The highest BCUT2D eigenvalue weighted by Crippen LogP contribution is 2.36. The van der Waals surface area contributed by atoms with Crippen LogP contribution in [0.5, 0.6) is 0 Å². The maximum Gasteiger partial charge on any atom is 0.152 e. The molecule has 2 heterocycles. The Labute approximate surface area is 131 Å². The molecule has 0 radical (unpaired) electrons. The second-order valence-corrected chi connectivity index (χ2v) is 6.82. The monoisotopic (exact) mass is 316 g/mol. The smallest absolute Gasteiger partial charge is 0.152 e. The van der Waals surface area contributed by atoms with E-state index in [1.54, 1.807) is 17.8 Å². The van der Waals surface area contributed by atoms with Gasteiger partial charge in [-0.15, -0.1) is 0 Å². The lowest BCUT2D eigenvalue weighted by molar-refractivity contribution is 0.133. The fourth-order valence-corrected chi connectivity index (χ4v) is 3.34. The summed E-state index contributed by atoms with van der Waals surface area (Å²) in [6.45, 7) is 4.06. The molecule has 6 heteroatoms. The Balaban J connectivity index is 2.11. The zero-order chi connectivity index (χ0) is 15.5. The van der Waals surface area contributed by atoms with E-state index in [4.69, 9.17) is 11.6 Å². The number of halogens is 2. The summed E-state index contributed by atoms with van der Waals surface area (Å²) in [6.07, 6.45) is 5.38. The van der Waals surface area contributed by atoms with E-state index in [0.29, 0.717) is 23.7 Å². The van der Waals surface area contributed by atoms with Gasteiger partial charge >= 0.3 is 0 Å². The maximum atomic E-state index is 15.3. The van der Waals surface area contributed by atoms with Crippen molar-refractivity contribution >= 4 is 11.6 Å². The molecule has 1 aliphatic rings. The molecule has 2 rings (SSSR count). The van der Waals surface area contributed by atoms with Gasteiger partial charge in [0, 0.05) is 19.0 Å². The quantitative estimate of drug-likeness (QED) is 0.876. The zero-order valence-electron chi connectivity index (χ0n) is 13.2. The van der Waals surface area contributed by atoms with E-state index in [1.807, 2.05) is 14.1 Å². The molecule has 0 aromatic carbocycles. The molecule has 2 unspecified atom stereocenters. The molecular weight excluding hydrogens is 291 g/mol. The van der Waals surface area contributed by atoms with E-state index in [9.17, 15) is 0 Å². The van der Waals surface area contributed by atoms with Gasteiger partial charge in [-0.25, -0.2) is 4.39 Å². The van der Waals surface area contributed by atoms with E-state index < -0.39 is 5.67 Å². The first kappa shape index (κ1) is 16.7. The molecule has 21 heavy (non-hydrogen) atoms. The normalized spacial score (nSPS) is 22.5. The summed E-state index contributed by atoms with van der Waals surface area (Å²) < 4.78 is 17.0. The second kappa shape index (κ2) is 7.07. The van der Waals surface area contributed by atoms with E-state index in [0.717, 1.165) is 19.5 Å². The van der Waals surface area contributed by atoms with Crippen molar-refractivity contribution in [3.63, 3.8) is 0 Å². The van der Waals surface area contributed by atoms with Crippen molar-refractivity contribution in [1.82, 2.24) is 20.0 Å². The molecule has 0 aliphatic carbocycles. The number of piperidine rings is 1.